The van der Waals surface area contributed by atoms with E-state index >= 15 is 0 Å². The normalized spacial score (nSPS) is 11.8. The highest BCUT2D eigenvalue weighted by molar-refractivity contribution is 5.96. The molecule has 0 radical (unpaired) electrons. The summed E-state index contributed by atoms with van der Waals surface area (Å²) in [6, 6.07) is 19.5. The van der Waals surface area contributed by atoms with Crippen LogP contribution in [0, 0.1) is 0 Å². The molecular weight excluding hydrogens is 298 g/mol. The lowest BCUT2D eigenvalue weighted by molar-refractivity contribution is -0.0231. The Morgan fingerprint density at radius 2 is 1.59 bits per heavy atom. The fourth-order valence-corrected chi connectivity index (χ4v) is 2.29. The van der Waals surface area contributed by atoms with Crippen molar-refractivity contribution in [2.75, 3.05) is 14.2 Å². The van der Waals surface area contributed by atoms with E-state index in [0.29, 0.717) is 6.42 Å². The molecular formula is C18H22ClNO2. The second kappa shape index (κ2) is 9.36. The van der Waals surface area contributed by atoms with E-state index in [1.54, 1.807) is 7.11 Å². The number of hydrogen-bond acceptors (Lipinski definition) is 3. The molecule has 0 fully saturated rings. The van der Waals surface area contributed by atoms with Crippen molar-refractivity contribution < 1.29 is 9.53 Å². The molecule has 0 N–H and O–H groups in total. The molecule has 22 heavy (non-hydrogen) atoms. The Morgan fingerprint density at radius 3 is 2.14 bits per heavy atom. The Kier molecular flexibility index (Phi) is 7.82. The summed E-state index contributed by atoms with van der Waals surface area (Å²) in [5, 5.41) is 0. The highest BCUT2D eigenvalue weighted by Crippen LogP contribution is 2.13. The highest BCUT2D eigenvalue weighted by atomic mass is 35.5. The van der Waals surface area contributed by atoms with Gasteiger partial charge in [-0.05, 0) is 12.6 Å². The third-order valence-electron chi connectivity index (χ3n) is 3.49. The van der Waals surface area contributed by atoms with Crippen LogP contribution < -0.4 is 0 Å². The third kappa shape index (κ3) is 5.26. The molecule has 0 aliphatic heterocycles. The summed E-state index contributed by atoms with van der Waals surface area (Å²) in [5.41, 5.74) is 1.93. The van der Waals surface area contributed by atoms with Gasteiger partial charge in [0.25, 0.3) is 0 Å². The van der Waals surface area contributed by atoms with Crippen LogP contribution in [0.15, 0.2) is 60.7 Å². The zero-order valence-corrected chi connectivity index (χ0v) is 13.8. The molecule has 0 aliphatic carbocycles. The van der Waals surface area contributed by atoms with E-state index in [1.165, 1.54) is 5.56 Å². The fourth-order valence-electron chi connectivity index (χ4n) is 2.29. The average molecular weight is 320 g/mol. The summed E-state index contributed by atoms with van der Waals surface area (Å²) >= 11 is 0. The van der Waals surface area contributed by atoms with Crippen molar-refractivity contribution in [3.63, 3.8) is 0 Å². The van der Waals surface area contributed by atoms with Crippen molar-refractivity contribution in [1.82, 2.24) is 4.90 Å². The number of nitrogens with zero attached hydrogens (tertiary/aromatic N) is 1. The summed E-state index contributed by atoms with van der Waals surface area (Å²) in [5.74, 6) is 0.0994. The number of benzene rings is 2. The van der Waals surface area contributed by atoms with Crippen LogP contribution in [0.25, 0.3) is 0 Å². The second-order valence-electron chi connectivity index (χ2n) is 5.08. The van der Waals surface area contributed by atoms with Gasteiger partial charge in [0, 0.05) is 19.2 Å². The van der Waals surface area contributed by atoms with Gasteiger partial charge in [-0.3, -0.25) is 9.69 Å². The Bertz CT molecular complexity index is 560. The zero-order chi connectivity index (χ0) is 15.1. The molecule has 2 aromatic carbocycles. The first-order valence-corrected chi connectivity index (χ1v) is 7.06. The third-order valence-corrected chi connectivity index (χ3v) is 3.49. The van der Waals surface area contributed by atoms with Gasteiger partial charge in [0.15, 0.2) is 5.78 Å². The molecule has 2 aromatic rings. The SMILES string of the molecule is COC(CC(=O)c1ccccc1)N(C)Cc1ccccc1.Cl. The van der Waals surface area contributed by atoms with Crippen molar-refractivity contribution in [2.24, 2.45) is 0 Å². The van der Waals surface area contributed by atoms with Crippen LogP contribution in [-0.4, -0.2) is 31.1 Å². The standard InChI is InChI=1S/C18H21NO2.ClH/c1-19(14-15-9-5-3-6-10-15)18(21-2)13-17(20)16-11-7-4-8-12-16;/h3-12,18H,13-14H2,1-2H3;1H. The molecule has 0 heterocycles. The number of ketones is 1. The molecule has 1 atom stereocenters. The summed E-state index contributed by atoms with van der Waals surface area (Å²) in [7, 11) is 3.61. The number of Topliss-reactive ketones (excluding diaryl/α,β-unsaturated/α-hetero) is 1. The van der Waals surface area contributed by atoms with Gasteiger partial charge in [-0.15, -0.1) is 12.4 Å². The van der Waals surface area contributed by atoms with E-state index in [0.717, 1.165) is 12.1 Å². The van der Waals surface area contributed by atoms with Crippen molar-refractivity contribution in [3.05, 3.63) is 71.8 Å². The van der Waals surface area contributed by atoms with Crippen LogP contribution in [0.4, 0.5) is 0 Å². The Hall–Kier alpha value is -1.68. The van der Waals surface area contributed by atoms with Gasteiger partial charge in [0.05, 0.1) is 6.42 Å². The minimum absolute atomic E-state index is 0. The number of halogens is 1. The molecule has 0 aromatic heterocycles. The lowest BCUT2D eigenvalue weighted by Crippen LogP contribution is -2.34. The van der Waals surface area contributed by atoms with Gasteiger partial charge in [-0.2, -0.15) is 0 Å². The van der Waals surface area contributed by atoms with Crippen LogP contribution in [0.1, 0.15) is 22.3 Å². The summed E-state index contributed by atoms with van der Waals surface area (Å²) in [6.45, 7) is 0.751. The minimum atomic E-state index is -0.224. The molecule has 1 unspecified atom stereocenters. The Morgan fingerprint density at radius 1 is 1.05 bits per heavy atom. The molecule has 3 nitrogen and oxygen atoms in total. The first kappa shape index (κ1) is 18.4. The summed E-state index contributed by atoms with van der Waals surface area (Å²) < 4.78 is 5.48. The van der Waals surface area contributed by atoms with E-state index in [1.807, 2.05) is 55.6 Å². The predicted molar refractivity (Wildman–Crippen MR) is 91.3 cm³/mol. The Labute approximate surface area is 138 Å². The molecule has 118 valence electrons. The van der Waals surface area contributed by atoms with Crippen molar-refractivity contribution in [3.8, 4) is 0 Å². The van der Waals surface area contributed by atoms with Crippen LogP contribution in [0.5, 0.6) is 0 Å². The van der Waals surface area contributed by atoms with E-state index in [4.69, 9.17) is 4.74 Å². The number of carbonyl (C=O) groups is 1. The van der Waals surface area contributed by atoms with Gasteiger partial charge in [-0.25, -0.2) is 0 Å². The molecule has 0 aliphatic rings. The smallest absolute Gasteiger partial charge is 0.166 e. The number of hydrogen-bond donors (Lipinski definition) is 0. The molecule has 0 spiro atoms. The van der Waals surface area contributed by atoms with Gasteiger partial charge in [0.1, 0.15) is 6.23 Å². The van der Waals surface area contributed by atoms with Crippen molar-refractivity contribution in [1.29, 1.82) is 0 Å². The first-order valence-electron chi connectivity index (χ1n) is 7.06. The minimum Gasteiger partial charge on any atom is -0.366 e. The van der Waals surface area contributed by atoms with Gasteiger partial charge >= 0.3 is 0 Å². The second-order valence-corrected chi connectivity index (χ2v) is 5.08. The van der Waals surface area contributed by atoms with Crippen LogP contribution in [0.2, 0.25) is 0 Å². The first-order chi connectivity index (χ1) is 10.2. The van der Waals surface area contributed by atoms with Crippen LogP contribution in [0.3, 0.4) is 0 Å². The number of methoxy groups -OCH3 is 1. The quantitative estimate of drug-likeness (QED) is 0.574. The number of ether oxygens (including phenoxy) is 1. The van der Waals surface area contributed by atoms with E-state index < -0.39 is 0 Å². The van der Waals surface area contributed by atoms with E-state index in [9.17, 15) is 4.79 Å². The average Bonchev–Trinajstić information content (AvgIpc) is 2.54. The number of rotatable bonds is 7. The largest absolute Gasteiger partial charge is 0.366 e. The maximum absolute atomic E-state index is 12.3. The predicted octanol–water partition coefficient (Wildman–Crippen LogP) is 3.79. The Balaban J connectivity index is 0.00000242. The highest BCUT2D eigenvalue weighted by Gasteiger charge is 2.19. The van der Waals surface area contributed by atoms with Crippen molar-refractivity contribution >= 4 is 18.2 Å². The lowest BCUT2D eigenvalue weighted by atomic mass is 10.1. The topological polar surface area (TPSA) is 29.5 Å². The van der Waals surface area contributed by atoms with Gasteiger partial charge < -0.3 is 4.74 Å². The molecule has 0 amide bonds. The molecule has 0 bridgehead atoms. The molecule has 0 saturated heterocycles. The van der Waals surface area contributed by atoms with Gasteiger partial charge in [-0.1, -0.05) is 60.7 Å². The molecule has 0 saturated carbocycles. The summed E-state index contributed by atoms with van der Waals surface area (Å²) in [4.78, 5) is 14.3. The summed E-state index contributed by atoms with van der Waals surface area (Å²) in [6.07, 6.45) is 0.127. The molecule has 4 heteroatoms. The van der Waals surface area contributed by atoms with E-state index in [-0.39, 0.29) is 24.4 Å². The van der Waals surface area contributed by atoms with E-state index in [2.05, 4.69) is 17.0 Å². The van der Waals surface area contributed by atoms with Gasteiger partial charge in [0.2, 0.25) is 0 Å². The maximum Gasteiger partial charge on any atom is 0.166 e. The number of carbonyl (C=O) groups excluding carboxylic acids is 1. The maximum atomic E-state index is 12.3. The zero-order valence-electron chi connectivity index (χ0n) is 12.9. The monoisotopic (exact) mass is 319 g/mol. The molecule has 2 rings (SSSR count). The lowest BCUT2D eigenvalue weighted by Gasteiger charge is -2.26. The fraction of sp³-hybridized carbons (Fsp3) is 0.278. The van der Waals surface area contributed by atoms with Crippen LogP contribution >= 0.6 is 12.4 Å². The van der Waals surface area contributed by atoms with Crippen molar-refractivity contribution in [2.45, 2.75) is 19.2 Å². The van der Waals surface area contributed by atoms with Crippen LogP contribution in [-0.2, 0) is 11.3 Å².